The number of halogens is 1. The quantitative estimate of drug-likeness (QED) is 0.808. The van der Waals surface area contributed by atoms with Gasteiger partial charge >= 0.3 is 0 Å². The first kappa shape index (κ1) is 19.7. The van der Waals surface area contributed by atoms with E-state index in [0.717, 1.165) is 18.1 Å². The van der Waals surface area contributed by atoms with E-state index in [1.165, 1.54) is 0 Å². The van der Waals surface area contributed by atoms with Gasteiger partial charge in [-0.15, -0.1) is 12.4 Å². The van der Waals surface area contributed by atoms with Gasteiger partial charge in [-0.25, -0.2) is 0 Å². The molecular formula is C15H23ClN2O4S. The van der Waals surface area contributed by atoms with Crippen LogP contribution >= 0.6 is 24.2 Å². The second-order valence-electron chi connectivity index (χ2n) is 4.89. The molecule has 1 amide bonds. The van der Waals surface area contributed by atoms with Crippen LogP contribution in [0, 0.1) is 0 Å². The molecule has 1 unspecified atom stereocenters. The van der Waals surface area contributed by atoms with Crippen LogP contribution < -0.4 is 24.8 Å². The Labute approximate surface area is 147 Å². The van der Waals surface area contributed by atoms with Gasteiger partial charge in [0.15, 0.2) is 11.5 Å². The monoisotopic (exact) mass is 362 g/mol. The van der Waals surface area contributed by atoms with Crippen molar-refractivity contribution in [2.24, 2.45) is 0 Å². The number of methoxy groups -OCH3 is 3. The summed E-state index contributed by atoms with van der Waals surface area (Å²) in [6.07, 6.45) is 0.448. The molecule has 8 heteroatoms. The van der Waals surface area contributed by atoms with E-state index in [0.29, 0.717) is 29.4 Å². The molecule has 1 fully saturated rings. The second kappa shape index (κ2) is 9.75. The number of benzene rings is 1. The Hall–Kier alpha value is -1.31. The second-order valence-corrected chi connectivity index (χ2v) is 6.04. The number of nitrogens with one attached hydrogen (secondary N) is 2. The lowest BCUT2D eigenvalue weighted by atomic mass is 10.2. The van der Waals surface area contributed by atoms with Gasteiger partial charge in [-0.3, -0.25) is 4.79 Å². The fraction of sp³-hybridized carbons (Fsp3) is 0.533. The molecule has 1 aromatic rings. The van der Waals surface area contributed by atoms with Crippen molar-refractivity contribution in [2.45, 2.75) is 12.5 Å². The van der Waals surface area contributed by atoms with Gasteiger partial charge in [0.25, 0.3) is 0 Å². The molecular weight excluding hydrogens is 340 g/mol. The highest BCUT2D eigenvalue weighted by atomic mass is 35.5. The molecule has 1 heterocycles. The van der Waals surface area contributed by atoms with Crippen molar-refractivity contribution in [2.75, 3.05) is 44.7 Å². The third-order valence-corrected chi connectivity index (χ3v) is 4.51. The third kappa shape index (κ3) is 5.37. The summed E-state index contributed by atoms with van der Waals surface area (Å²) in [5, 5.41) is 6.23. The Balaban J connectivity index is 0.00000264. The van der Waals surface area contributed by atoms with Crippen molar-refractivity contribution in [3.63, 3.8) is 0 Å². The Bertz CT molecular complexity index is 499. The molecule has 1 saturated heterocycles. The van der Waals surface area contributed by atoms with Crippen LogP contribution in [0.4, 0.5) is 5.69 Å². The Morgan fingerprint density at radius 3 is 2.39 bits per heavy atom. The van der Waals surface area contributed by atoms with E-state index in [1.54, 1.807) is 33.5 Å². The normalized spacial score (nSPS) is 16.9. The third-order valence-electron chi connectivity index (χ3n) is 3.38. The number of ether oxygens (including phenoxy) is 3. The van der Waals surface area contributed by atoms with Crippen LogP contribution in [-0.2, 0) is 4.79 Å². The summed E-state index contributed by atoms with van der Waals surface area (Å²) in [6.45, 7) is 0.951. The molecule has 2 rings (SSSR count). The summed E-state index contributed by atoms with van der Waals surface area (Å²) in [5.41, 5.74) is 0.628. The minimum Gasteiger partial charge on any atom is -0.493 e. The number of thioether (sulfide) groups is 1. The van der Waals surface area contributed by atoms with E-state index >= 15 is 0 Å². The number of rotatable bonds is 6. The first-order chi connectivity index (χ1) is 10.7. The maximum absolute atomic E-state index is 12.2. The van der Waals surface area contributed by atoms with Gasteiger partial charge in [-0.05, 0) is 0 Å². The fourth-order valence-corrected chi connectivity index (χ4v) is 3.29. The van der Waals surface area contributed by atoms with Crippen molar-refractivity contribution >= 4 is 35.8 Å². The van der Waals surface area contributed by atoms with Crippen molar-refractivity contribution < 1.29 is 19.0 Å². The first-order valence-corrected chi connectivity index (χ1v) is 8.24. The summed E-state index contributed by atoms with van der Waals surface area (Å²) in [4.78, 5) is 12.2. The summed E-state index contributed by atoms with van der Waals surface area (Å²) in [6, 6.07) is 3.67. The van der Waals surface area contributed by atoms with Gasteiger partial charge in [-0.2, -0.15) is 11.8 Å². The Morgan fingerprint density at radius 1 is 1.26 bits per heavy atom. The molecule has 2 N–H and O–H groups in total. The van der Waals surface area contributed by atoms with E-state index in [2.05, 4.69) is 10.6 Å². The molecule has 0 aliphatic carbocycles. The van der Waals surface area contributed by atoms with Crippen LogP contribution in [-0.4, -0.2) is 51.3 Å². The van der Waals surface area contributed by atoms with Gasteiger partial charge in [0.2, 0.25) is 11.7 Å². The standard InChI is InChI=1S/C15H22N2O4S.ClH/c1-19-12-6-10(7-13(20-2)15(12)21-3)17-14(18)8-11-9-22-5-4-16-11;/h6-7,11,16H,4-5,8-9H2,1-3H3,(H,17,18);1H. The molecule has 1 atom stereocenters. The zero-order valence-electron chi connectivity index (χ0n) is 13.5. The molecule has 0 spiro atoms. The fourth-order valence-electron chi connectivity index (χ4n) is 2.34. The van der Waals surface area contributed by atoms with Gasteiger partial charge in [-0.1, -0.05) is 0 Å². The summed E-state index contributed by atoms with van der Waals surface area (Å²) >= 11 is 1.87. The molecule has 1 aromatic carbocycles. The van der Waals surface area contributed by atoms with Crippen LogP contribution in [0.2, 0.25) is 0 Å². The van der Waals surface area contributed by atoms with Crippen LogP contribution in [0.5, 0.6) is 17.2 Å². The molecule has 1 aliphatic heterocycles. The number of hydrogen-bond donors (Lipinski definition) is 2. The number of carbonyl (C=O) groups is 1. The highest BCUT2D eigenvalue weighted by molar-refractivity contribution is 7.99. The molecule has 130 valence electrons. The van der Waals surface area contributed by atoms with Crippen LogP contribution in [0.15, 0.2) is 12.1 Å². The summed E-state index contributed by atoms with van der Waals surface area (Å²) in [5.74, 6) is 3.57. The highest BCUT2D eigenvalue weighted by Gasteiger charge is 2.18. The molecule has 0 bridgehead atoms. The van der Waals surface area contributed by atoms with E-state index < -0.39 is 0 Å². The van der Waals surface area contributed by atoms with Crippen LogP contribution in [0.1, 0.15) is 6.42 Å². The molecule has 1 aliphatic rings. The van der Waals surface area contributed by atoms with Crippen molar-refractivity contribution in [3.05, 3.63) is 12.1 Å². The van der Waals surface area contributed by atoms with Crippen LogP contribution in [0.3, 0.4) is 0 Å². The van der Waals surface area contributed by atoms with E-state index in [-0.39, 0.29) is 24.4 Å². The van der Waals surface area contributed by atoms with E-state index in [9.17, 15) is 4.79 Å². The predicted octanol–water partition coefficient (Wildman–Crippen LogP) is 2.17. The average molecular weight is 363 g/mol. The maximum atomic E-state index is 12.2. The molecule has 0 saturated carbocycles. The molecule has 23 heavy (non-hydrogen) atoms. The largest absolute Gasteiger partial charge is 0.493 e. The lowest BCUT2D eigenvalue weighted by Gasteiger charge is -2.22. The van der Waals surface area contributed by atoms with Gasteiger partial charge in [0, 0.05) is 48.3 Å². The molecule has 0 radical (unpaired) electrons. The summed E-state index contributed by atoms with van der Waals surface area (Å²) < 4.78 is 15.8. The van der Waals surface area contributed by atoms with E-state index in [1.807, 2.05) is 11.8 Å². The molecule has 6 nitrogen and oxygen atoms in total. The number of hydrogen-bond acceptors (Lipinski definition) is 6. The van der Waals surface area contributed by atoms with E-state index in [4.69, 9.17) is 14.2 Å². The average Bonchev–Trinajstić information content (AvgIpc) is 2.54. The number of carbonyl (C=O) groups excluding carboxylic acids is 1. The maximum Gasteiger partial charge on any atom is 0.225 e. The number of amides is 1. The van der Waals surface area contributed by atoms with Crippen molar-refractivity contribution in [1.29, 1.82) is 0 Å². The lowest BCUT2D eigenvalue weighted by molar-refractivity contribution is -0.116. The Kier molecular flexibility index (Phi) is 8.36. The molecule has 0 aromatic heterocycles. The Morgan fingerprint density at radius 2 is 1.91 bits per heavy atom. The van der Waals surface area contributed by atoms with Gasteiger partial charge < -0.3 is 24.8 Å². The zero-order chi connectivity index (χ0) is 15.9. The first-order valence-electron chi connectivity index (χ1n) is 7.09. The zero-order valence-corrected chi connectivity index (χ0v) is 15.1. The van der Waals surface area contributed by atoms with Gasteiger partial charge in [0.1, 0.15) is 0 Å². The summed E-state index contributed by atoms with van der Waals surface area (Å²) in [7, 11) is 4.64. The van der Waals surface area contributed by atoms with Crippen molar-refractivity contribution in [1.82, 2.24) is 5.32 Å². The minimum atomic E-state index is -0.0331. The topological polar surface area (TPSA) is 68.8 Å². The van der Waals surface area contributed by atoms with Gasteiger partial charge in [0.05, 0.1) is 21.3 Å². The highest BCUT2D eigenvalue weighted by Crippen LogP contribution is 2.39. The smallest absolute Gasteiger partial charge is 0.225 e. The van der Waals surface area contributed by atoms with Crippen LogP contribution in [0.25, 0.3) is 0 Å². The number of anilines is 1. The lowest BCUT2D eigenvalue weighted by Crippen LogP contribution is -2.39. The SMILES string of the molecule is COc1cc(NC(=O)CC2CSCCN2)cc(OC)c1OC.Cl. The minimum absolute atomic E-state index is 0. The predicted molar refractivity (Wildman–Crippen MR) is 95.7 cm³/mol. The van der Waals surface area contributed by atoms with Crippen molar-refractivity contribution in [3.8, 4) is 17.2 Å².